The van der Waals surface area contributed by atoms with Gasteiger partial charge in [0.2, 0.25) is 5.69 Å². The molecule has 0 fully saturated rings. The van der Waals surface area contributed by atoms with Crippen LogP contribution in [0.15, 0.2) is 42.6 Å². The molecule has 2 N–H and O–H groups in total. The lowest BCUT2D eigenvalue weighted by Gasteiger charge is -2.07. The van der Waals surface area contributed by atoms with Gasteiger partial charge in [0.1, 0.15) is 5.75 Å². The summed E-state index contributed by atoms with van der Waals surface area (Å²) in [6.45, 7) is 1.97. The van der Waals surface area contributed by atoms with Crippen LogP contribution in [0.3, 0.4) is 0 Å². The predicted molar refractivity (Wildman–Crippen MR) is 79.9 cm³/mol. The fourth-order valence-electron chi connectivity index (χ4n) is 1.98. The van der Waals surface area contributed by atoms with E-state index in [0.29, 0.717) is 17.1 Å². The third kappa shape index (κ3) is 2.56. The zero-order valence-electron chi connectivity index (χ0n) is 11.9. The van der Waals surface area contributed by atoms with Crippen LogP contribution in [0, 0.1) is 0 Å². The Bertz CT molecular complexity index is 829. The molecule has 0 aliphatic carbocycles. The molecule has 1 aromatic carbocycles. The number of nitrogens with zero attached hydrogens (tertiary/aromatic N) is 3. The molecule has 0 bridgehead atoms. The van der Waals surface area contributed by atoms with Gasteiger partial charge in [-0.2, -0.15) is 9.61 Å². The van der Waals surface area contributed by atoms with Crippen LogP contribution < -0.4 is 10.5 Å². The van der Waals surface area contributed by atoms with E-state index in [-0.39, 0.29) is 18.2 Å². The molecule has 2 aromatic heterocycles. The van der Waals surface area contributed by atoms with Gasteiger partial charge >= 0.3 is 5.97 Å². The fraction of sp³-hybridized carbons (Fsp3) is 0.133. The summed E-state index contributed by atoms with van der Waals surface area (Å²) >= 11 is 0. The molecule has 0 aliphatic rings. The Balaban J connectivity index is 2.09. The molecule has 0 saturated carbocycles. The van der Waals surface area contributed by atoms with Gasteiger partial charge in [-0.1, -0.05) is 6.07 Å². The number of nitrogen functional groups attached to an aromatic ring is 1. The van der Waals surface area contributed by atoms with E-state index in [2.05, 4.69) is 10.1 Å². The Morgan fingerprint density at radius 3 is 2.95 bits per heavy atom. The van der Waals surface area contributed by atoms with Crippen LogP contribution in [-0.2, 0) is 4.74 Å². The summed E-state index contributed by atoms with van der Waals surface area (Å²) < 4.78 is 12.2. The van der Waals surface area contributed by atoms with Crippen molar-refractivity contribution < 1.29 is 14.3 Å². The lowest BCUT2D eigenvalue weighted by molar-refractivity contribution is 0.0517. The molecule has 22 heavy (non-hydrogen) atoms. The number of anilines is 1. The number of esters is 1. The van der Waals surface area contributed by atoms with Crippen molar-refractivity contribution in [1.82, 2.24) is 14.6 Å². The molecular weight excluding hydrogens is 284 g/mol. The fourth-order valence-corrected chi connectivity index (χ4v) is 1.98. The Hall–Kier alpha value is -3.09. The number of carbonyl (C=O) groups excluding carboxylic acids is 1. The first-order valence-electron chi connectivity index (χ1n) is 6.73. The molecule has 2 heterocycles. The summed E-state index contributed by atoms with van der Waals surface area (Å²) in [4.78, 5) is 16.3. The summed E-state index contributed by atoms with van der Waals surface area (Å²) in [6, 6.07) is 10.3. The van der Waals surface area contributed by atoms with Gasteiger partial charge in [-0.3, -0.25) is 0 Å². The molecule has 3 aromatic rings. The van der Waals surface area contributed by atoms with Gasteiger partial charge in [0, 0.05) is 18.0 Å². The van der Waals surface area contributed by atoms with Crippen LogP contribution in [0.4, 0.5) is 5.69 Å². The van der Waals surface area contributed by atoms with Gasteiger partial charge in [-0.25, -0.2) is 9.78 Å². The van der Waals surface area contributed by atoms with Crippen LogP contribution in [0.1, 0.15) is 17.4 Å². The van der Waals surface area contributed by atoms with Crippen LogP contribution in [-0.4, -0.2) is 27.2 Å². The molecule has 0 unspecified atom stereocenters. The highest BCUT2D eigenvalue weighted by molar-refractivity contribution is 5.91. The molecule has 0 saturated heterocycles. The standard InChI is InChI=1S/C15H14N4O3/c1-2-21-15(20)13-14(19-12(18-13)7-4-8-17-19)22-11-6-3-5-10(16)9-11/h3-9H,2,16H2,1H3. The number of carbonyl (C=O) groups is 1. The van der Waals surface area contributed by atoms with E-state index in [1.54, 1.807) is 49.5 Å². The van der Waals surface area contributed by atoms with E-state index in [1.807, 2.05) is 0 Å². The van der Waals surface area contributed by atoms with Crippen molar-refractivity contribution in [3.63, 3.8) is 0 Å². The predicted octanol–water partition coefficient (Wildman–Crippen LogP) is 2.28. The Kier molecular flexibility index (Phi) is 3.61. The lowest BCUT2D eigenvalue weighted by atomic mass is 10.3. The zero-order chi connectivity index (χ0) is 15.5. The summed E-state index contributed by atoms with van der Waals surface area (Å²) in [7, 11) is 0. The van der Waals surface area contributed by atoms with Gasteiger partial charge in [-0.15, -0.1) is 0 Å². The molecule has 7 nitrogen and oxygen atoms in total. The third-order valence-corrected chi connectivity index (χ3v) is 2.89. The van der Waals surface area contributed by atoms with Crippen LogP contribution in [0.25, 0.3) is 5.65 Å². The first-order valence-corrected chi connectivity index (χ1v) is 6.73. The van der Waals surface area contributed by atoms with E-state index in [4.69, 9.17) is 15.2 Å². The number of aromatic nitrogens is 3. The number of imidazole rings is 1. The summed E-state index contributed by atoms with van der Waals surface area (Å²) in [6.07, 6.45) is 1.58. The topological polar surface area (TPSA) is 91.7 Å². The van der Waals surface area contributed by atoms with E-state index in [9.17, 15) is 4.79 Å². The van der Waals surface area contributed by atoms with E-state index in [0.717, 1.165) is 0 Å². The minimum Gasteiger partial charge on any atom is -0.461 e. The Morgan fingerprint density at radius 2 is 2.18 bits per heavy atom. The van der Waals surface area contributed by atoms with Gasteiger partial charge in [-0.05, 0) is 31.2 Å². The second-order valence-corrected chi connectivity index (χ2v) is 4.45. The molecular formula is C15H14N4O3. The van der Waals surface area contributed by atoms with Gasteiger partial charge in [0.05, 0.1) is 6.61 Å². The number of fused-ring (bicyclic) bond motifs is 1. The van der Waals surface area contributed by atoms with Crippen LogP contribution >= 0.6 is 0 Å². The number of ether oxygens (including phenoxy) is 2. The average Bonchev–Trinajstić information content (AvgIpc) is 2.87. The largest absolute Gasteiger partial charge is 0.461 e. The maximum Gasteiger partial charge on any atom is 0.362 e. The van der Waals surface area contributed by atoms with Crippen molar-refractivity contribution in [2.24, 2.45) is 0 Å². The van der Waals surface area contributed by atoms with Gasteiger partial charge < -0.3 is 15.2 Å². The molecule has 0 radical (unpaired) electrons. The van der Waals surface area contributed by atoms with Gasteiger partial charge in [0.15, 0.2) is 5.65 Å². The highest BCUT2D eigenvalue weighted by Gasteiger charge is 2.23. The van der Waals surface area contributed by atoms with Crippen molar-refractivity contribution >= 4 is 17.3 Å². The van der Waals surface area contributed by atoms with E-state index in [1.165, 1.54) is 4.52 Å². The van der Waals surface area contributed by atoms with Crippen molar-refractivity contribution in [3.8, 4) is 11.6 Å². The summed E-state index contributed by atoms with van der Waals surface area (Å²) in [5, 5.41) is 4.15. The quantitative estimate of drug-likeness (QED) is 0.587. The molecule has 112 valence electrons. The maximum atomic E-state index is 12.1. The van der Waals surface area contributed by atoms with Crippen molar-refractivity contribution in [2.75, 3.05) is 12.3 Å². The first-order chi connectivity index (χ1) is 10.7. The number of benzene rings is 1. The maximum absolute atomic E-state index is 12.1. The molecule has 7 heteroatoms. The Labute approximate surface area is 126 Å². The average molecular weight is 298 g/mol. The first kappa shape index (κ1) is 13.9. The van der Waals surface area contributed by atoms with E-state index < -0.39 is 5.97 Å². The smallest absolute Gasteiger partial charge is 0.362 e. The number of hydrogen-bond donors (Lipinski definition) is 1. The molecule has 0 atom stereocenters. The molecule has 0 spiro atoms. The zero-order valence-corrected chi connectivity index (χ0v) is 11.9. The second-order valence-electron chi connectivity index (χ2n) is 4.45. The molecule has 0 aliphatic heterocycles. The molecule has 3 rings (SSSR count). The number of rotatable bonds is 4. The third-order valence-electron chi connectivity index (χ3n) is 2.89. The highest BCUT2D eigenvalue weighted by atomic mass is 16.5. The molecule has 0 amide bonds. The second kappa shape index (κ2) is 5.72. The summed E-state index contributed by atoms with van der Waals surface area (Å²) in [5.41, 5.74) is 6.85. The number of hydrogen-bond acceptors (Lipinski definition) is 6. The lowest BCUT2D eigenvalue weighted by Crippen LogP contribution is -2.07. The normalized spacial score (nSPS) is 10.6. The summed E-state index contributed by atoms with van der Waals surface area (Å²) in [5.74, 6) is 0.115. The monoisotopic (exact) mass is 298 g/mol. The minimum atomic E-state index is -0.563. The van der Waals surface area contributed by atoms with Crippen molar-refractivity contribution in [2.45, 2.75) is 6.92 Å². The Morgan fingerprint density at radius 1 is 1.32 bits per heavy atom. The van der Waals surface area contributed by atoms with E-state index >= 15 is 0 Å². The van der Waals surface area contributed by atoms with Crippen LogP contribution in [0.2, 0.25) is 0 Å². The number of nitrogens with two attached hydrogens (primary N) is 1. The highest BCUT2D eigenvalue weighted by Crippen LogP contribution is 2.27. The van der Waals surface area contributed by atoms with Crippen molar-refractivity contribution in [3.05, 3.63) is 48.3 Å². The van der Waals surface area contributed by atoms with Crippen molar-refractivity contribution in [1.29, 1.82) is 0 Å². The SMILES string of the molecule is CCOC(=O)c1nc2cccnn2c1Oc1cccc(N)c1. The minimum absolute atomic E-state index is 0.0722. The van der Waals surface area contributed by atoms with Crippen LogP contribution in [0.5, 0.6) is 11.6 Å². The van der Waals surface area contributed by atoms with Gasteiger partial charge in [0.25, 0.3) is 5.88 Å².